The molecule has 4 heterocycles. The zero-order valence-electron chi connectivity index (χ0n) is 31.7. The standard InChI is InChI=1S/C39H43F3N8O7/c1-22(2)33(47-37(53)56-4)36(52)50-15-5-6-30(50)34-44-20-29(46-34)25-9-7-24(8-10-25)28-13-11-26(18-31(28)57-39(40,41)42)35(51)45-27-12-14-32(43-19-27)49-17-16-48(38(54)55)21-23(49)3/h7-14,18-20,22-23,30,33H,5-6,15-17,21H2,1-4H3,(H,44,46)(H,45,51)(H,47,53)(H,54,55)/t23-,30+,33+/m1/s1. The highest BCUT2D eigenvalue weighted by Gasteiger charge is 2.38. The lowest BCUT2D eigenvalue weighted by molar-refractivity contribution is -0.274. The molecule has 4 aromatic rings. The number of likely N-dealkylation sites (tertiary alicyclic amines) is 1. The van der Waals surface area contributed by atoms with Crippen molar-refractivity contribution >= 4 is 35.5 Å². The minimum atomic E-state index is -5.04. The first-order valence-electron chi connectivity index (χ1n) is 18.3. The molecule has 0 aliphatic carbocycles. The maximum atomic E-state index is 13.6. The molecular formula is C39H43F3N8O7. The third-order valence-corrected chi connectivity index (χ3v) is 10.0. The molecule has 4 amide bonds. The number of H-pyrrole nitrogens is 1. The maximum absolute atomic E-state index is 13.6. The number of piperazine rings is 1. The Morgan fingerprint density at radius 2 is 1.70 bits per heavy atom. The summed E-state index contributed by atoms with van der Waals surface area (Å²) in [5, 5.41) is 14.6. The van der Waals surface area contributed by atoms with Crippen molar-refractivity contribution in [3.8, 4) is 28.1 Å². The number of amides is 4. The number of carbonyl (C=O) groups excluding carboxylic acids is 3. The number of benzene rings is 2. The van der Waals surface area contributed by atoms with Crippen molar-refractivity contribution in [2.45, 2.75) is 58.1 Å². The van der Waals surface area contributed by atoms with Crippen LogP contribution in [0.4, 0.5) is 34.3 Å². The number of aromatic amines is 1. The van der Waals surface area contributed by atoms with Gasteiger partial charge in [-0.2, -0.15) is 0 Å². The van der Waals surface area contributed by atoms with E-state index in [9.17, 15) is 37.5 Å². The predicted molar refractivity (Wildman–Crippen MR) is 203 cm³/mol. The van der Waals surface area contributed by atoms with Gasteiger partial charge in [0.25, 0.3) is 5.91 Å². The summed E-state index contributed by atoms with van der Waals surface area (Å²) in [6.45, 7) is 7.11. The number of alkyl carbamates (subject to hydrolysis) is 1. The van der Waals surface area contributed by atoms with Gasteiger partial charge in [-0.25, -0.2) is 19.6 Å². The molecule has 0 saturated carbocycles. The monoisotopic (exact) mass is 792 g/mol. The zero-order valence-corrected chi connectivity index (χ0v) is 31.7. The van der Waals surface area contributed by atoms with Gasteiger partial charge in [0, 0.05) is 43.3 Å². The summed E-state index contributed by atoms with van der Waals surface area (Å²) in [5.41, 5.74) is 2.04. The van der Waals surface area contributed by atoms with Crippen molar-refractivity contribution in [2.24, 2.45) is 5.92 Å². The molecule has 2 saturated heterocycles. The summed E-state index contributed by atoms with van der Waals surface area (Å²) in [4.78, 5) is 67.2. The molecule has 3 atom stereocenters. The fourth-order valence-electron chi connectivity index (χ4n) is 7.09. The third kappa shape index (κ3) is 9.38. The Bertz CT molecular complexity index is 2090. The number of alkyl halides is 3. The van der Waals surface area contributed by atoms with Crippen LogP contribution in [0.15, 0.2) is 67.0 Å². The van der Waals surface area contributed by atoms with Crippen LogP contribution in [-0.2, 0) is 9.53 Å². The third-order valence-electron chi connectivity index (χ3n) is 10.0. The molecule has 302 valence electrons. The lowest BCUT2D eigenvalue weighted by Gasteiger charge is -2.39. The van der Waals surface area contributed by atoms with Gasteiger partial charge >= 0.3 is 18.5 Å². The van der Waals surface area contributed by atoms with Gasteiger partial charge in [-0.1, -0.05) is 38.1 Å². The number of imidazole rings is 1. The van der Waals surface area contributed by atoms with Gasteiger partial charge in [-0.05, 0) is 67.1 Å². The second-order valence-electron chi connectivity index (χ2n) is 14.2. The molecule has 0 bridgehead atoms. The molecule has 0 spiro atoms. The molecule has 57 heavy (non-hydrogen) atoms. The largest absolute Gasteiger partial charge is 0.573 e. The van der Waals surface area contributed by atoms with Crippen LogP contribution in [0, 0.1) is 5.92 Å². The van der Waals surface area contributed by atoms with Gasteiger partial charge in [0.1, 0.15) is 23.4 Å². The van der Waals surface area contributed by atoms with E-state index in [1.54, 1.807) is 47.5 Å². The fraction of sp³-hybridized carbons (Fsp3) is 0.385. The van der Waals surface area contributed by atoms with Gasteiger partial charge in [0.15, 0.2) is 0 Å². The lowest BCUT2D eigenvalue weighted by Crippen LogP contribution is -2.53. The zero-order chi connectivity index (χ0) is 41.0. The normalized spacial score (nSPS) is 17.6. The quantitative estimate of drug-likeness (QED) is 0.138. The van der Waals surface area contributed by atoms with E-state index in [0.29, 0.717) is 66.8 Å². The minimum absolute atomic E-state index is 0.0812. The number of nitrogens with one attached hydrogen (secondary N) is 3. The molecule has 0 radical (unpaired) electrons. The number of anilines is 2. The molecule has 6 rings (SSSR count). The van der Waals surface area contributed by atoms with Crippen LogP contribution >= 0.6 is 0 Å². The first kappa shape index (κ1) is 40.3. The summed E-state index contributed by atoms with van der Waals surface area (Å²) in [6, 6.07) is 12.5. The number of carboxylic acid groups (broad SMARTS) is 1. The van der Waals surface area contributed by atoms with Crippen molar-refractivity contribution in [1.29, 1.82) is 0 Å². The Morgan fingerprint density at radius 3 is 2.33 bits per heavy atom. The number of ether oxygens (including phenoxy) is 2. The van der Waals surface area contributed by atoms with Crippen LogP contribution < -0.4 is 20.3 Å². The second kappa shape index (κ2) is 16.8. The van der Waals surface area contributed by atoms with Crippen LogP contribution in [0.25, 0.3) is 22.4 Å². The maximum Gasteiger partial charge on any atom is 0.573 e. The Kier molecular flexibility index (Phi) is 11.9. The van der Waals surface area contributed by atoms with Gasteiger partial charge in [0.2, 0.25) is 5.91 Å². The molecule has 2 aliphatic heterocycles. The highest BCUT2D eigenvalue weighted by molar-refractivity contribution is 6.05. The summed E-state index contributed by atoms with van der Waals surface area (Å²) in [5.74, 6) is -0.526. The number of halogens is 3. The summed E-state index contributed by atoms with van der Waals surface area (Å²) in [7, 11) is 1.23. The summed E-state index contributed by atoms with van der Waals surface area (Å²) < 4.78 is 50.0. The second-order valence-corrected chi connectivity index (χ2v) is 14.2. The number of methoxy groups -OCH3 is 1. The van der Waals surface area contributed by atoms with Crippen molar-refractivity contribution in [3.63, 3.8) is 0 Å². The number of aromatic nitrogens is 3. The number of nitrogens with zero attached hydrogens (tertiary/aromatic N) is 5. The number of pyridine rings is 1. The van der Waals surface area contributed by atoms with Crippen LogP contribution in [0.3, 0.4) is 0 Å². The smallest absolute Gasteiger partial charge is 0.465 e. The molecule has 2 fully saturated rings. The van der Waals surface area contributed by atoms with Crippen molar-refractivity contribution in [2.75, 3.05) is 43.5 Å². The van der Waals surface area contributed by atoms with E-state index in [1.807, 2.05) is 25.7 Å². The van der Waals surface area contributed by atoms with Crippen LogP contribution in [-0.4, -0.2) is 106 Å². The molecule has 2 aliphatic rings. The molecule has 4 N–H and O–H groups in total. The molecule has 2 aromatic carbocycles. The highest BCUT2D eigenvalue weighted by atomic mass is 19.4. The lowest BCUT2D eigenvalue weighted by atomic mass is 10.00. The molecular weight excluding hydrogens is 749 g/mol. The van der Waals surface area contributed by atoms with E-state index in [0.717, 1.165) is 12.5 Å². The predicted octanol–water partition coefficient (Wildman–Crippen LogP) is 6.52. The van der Waals surface area contributed by atoms with Crippen molar-refractivity contribution < 1.29 is 46.9 Å². The minimum Gasteiger partial charge on any atom is -0.465 e. The van der Waals surface area contributed by atoms with Gasteiger partial charge in [-0.3, -0.25) is 9.59 Å². The van der Waals surface area contributed by atoms with Gasteiger partial charge in [-0.15, -0.1) is 13.2 Å². The highest BCUT2D eigenvalue weighted by Crippen LogP contribution is 2.37. The summed E-state index contributed by atoms with van der Waals surface area (Å²) in [6.07, 6.45) is -2.27. The summed E-state index contributed by atoms with van der Waals surface area (Å²) >= 11 is 0. The van der Waals surface area contributed by atoms with E-state index >= 15 is 0 Å². The SMILES string of the molecule is COC(=O)N[C@H](C(=O)N1CCC[C@H]1c1ncc(-c2ccc(-c3ccc(C(=O)Nc4ccc(N5CCN(C(=O)O)C[C@H]5C)nc4)cc3OC(F)(F)F)cc2)[nH]1)C(C)C. The van der Waals surface area contributed by atoms with Gasteiger partial charge in [0.05, 0.1) is 36.9 Å². The van der Waals surface area contributed by atoms with Crippen molar-refractivity contribution in [3.05, 3.63) is 78.4 Å². The number of rotatable bonds is 10. The Labute approximate surface area is 326 Å². The Hall–Kier alpha value is -6.33. The first-order valence-corrected chi connectivity index (χ1v) is 18.3. The first-order chi connectivity index (χ1) is 27.1. The van der Waals surface area contributed by atoms with E-state index in [4.69, 9.17) is 4.74 Å². The average Bonchev–Trinajstić information content (AvgIpc) is 3.87. The Morgan fingerprint density at radius 1 is 0.965 bits per heavy atom. The van der Waals surface area contributed by atoms with Crippen molar-refractivity contribution in [1.82, 2.24) is 30.1 Å². The Balaban J connectivity index is 1.15. The fourth-order valence-corrected chi connectivity index (χ4v) is 7.09. The molecule has 18 heteroatoms. The average molecular weight is 793 g/mol. The molecule has 15 nitrogen and oxygen atoms in total. The van der Waals surface area contributed by atoms with E-state index in [-0.39, 0.29) is 35.0 Å². The topological polar surface area (TPSA) is 182 Å². The molecule has 0 unspecified atom stereocenters. The van der Waals surface area contributed by atoms with E-state index < -0.39 is 36.2 Å². The number of hydrogen-bond donors (Lipinski definition) is 4. The van der Waals surface area contributed by atoms with E-state index in [2.05, 4.69) is 30.3 Å². The molecule has 2 aromatic heterocycles. The van der Waals surface area contributed by atoms with Gasteiger partial charge < -0.3 is 44.9 Å². The number of hydrogen-bond acceptors (Lipinski definition) is 9. The van der Waals surface area contributed by atoms with Crippen LogP contribution in [0.1, 0.15) is 55.8 Å². The van der Waals surface area contributed by atoms with Crippen LogP contribution in [0.5, 0.6) is 5.75 Å². The number of carbonyl (C=O) groups is 4. The van der Waals surface area contributed by atoms with Crippen LogP contribution in [0.2, 0.25) is 0 Å². The van der Waals surface area contributed by atoms with E-state index in [1.165, 1.54) is 30.3 Å².